The van der Waals surface area contributed by atoms with Crippen molar-refractivity contribution in [3.63, 3.8) is 0 Å². The van der Waals surface area contributed by atoms with Gasteiger partial charge in [0.2, 0.25) is 11.9 Å². The molecule has 0 aromatic carbocycles. The van der Waals surface area contributed by atoms with E-state index >= 15 is 0 Å². The highest BCUT2D eigenvalue weighted by Crippen LogP contribution is 2.28. The van der Waals surface area contributed by atoms with Gasteiger partial charge < -0.3 is 10.2 Å². The summed E-state index contributed by atoms with van der Waals surface area (Å²) in [5.41, 5.74) is -0.942. The number of aromatic nitrogens is 2. The Hall–Kier alpha value is -1.90. The van der Waals surface area contributed by atoms with Crippen LogP contribution in [0.1, 0.15) is 26.0 Å². The van der Waals surface area contributed by atoms with Crippen LogP contribution in [0.4, 0.5) is 19.1 Å². The van der Waals surface area contributed by atoms with Gasteiger partial charge >= 0.3 is 6.18 Å². The molecule has 0 aliphatic carbocycles. The third-order valence-electron chi connectivity index (χ3n) is 3.98. The Kier molecular flexibility index (Phi) is 5.98. The van der Waals surface area contributed by atoms with Gasteiger partial charge in [-0.05, 0) is 19.4 Å². The van der Waals surface area contributed by atoms with Crippen LogP contribution in [-0.4, -0.2) is 59.5 Å². The fourth-order valence-corrected chi connectivity index (χ4v) is 2.39. The molecule has 1 aromatic rings. The maximum absolute atomic E-state index is 12.7. The lowest BCUT2D eigenvalue weighted by atomic mass is 10.2. The van der Waals surface area contributed by atoms with E-state index in [0.29, 0.717) is 32.7 Å². The number of amides is 1. The van der Waals surface area contributed by atoms with Gasteiger partial charge in [-0.1, -0.05) is 6.92 Å². The third kappa shape index (κ3) is 5.05. The quantitative estimate of drug-likeness (QED) is 0.877. The molecule has 1 amide bonds. The van der Waals surface area contributed by atoms with E-state index in [9.17, 15) is 18.0 Å². The highest BCUT2D eigenvalue weighted by molar-refractivity contribution is 5.78. The maximum Gasteiger partial charge on any atom is 0.433 e. The number of piperazine rings is 1. The third-order valence-corrected chi connectivity index (χ3v) is 3.98. The monoisotopic (exact) mass is 345 g/mol. The van der Waals surface area contributed by atoms with Gasteiger partial charge in [0.05, 0.1) is 6.54 Å². The van der Waals surface area contributed by atoms with E-state index in [0.717, 1.165) is 18.7 Å². The highest BCUT2D eigenvalue weighted by atomic mass is 19.4. The summed E-state index contributed by atoms with van der Waals surface area (Å²) >= 11 is 0. The first kappa shape index (κ1) is 18.4. The van der Waals surface area contributed by atoms with Crippen molar-refractivity contribution in [3.05, 3.63) is 18.0 Å². The number of rotatable bonds is 5. The van der Waals surface area contributed by atoms with E-state index in [4.69, 9.17) is 0 Å². The number of hydrogen-bond acceptors (Lipinski definition) is 5. The zero-order valence-electron chi connectivity index (χ0n) is 13.8. The van der Waals surface area contributed by atoms with Gasteiger partial charge in [-0.25, -0.2) is 9.97 Å². The van der Waals surface area contributed by atoms with Crippen molar-refractivity contribution in [2.24, 2.45) is 0 Å². The van der Waals surface area contributed by atoms with Crippen LogP contribution in [-0.2, 0) is 11.0 Å². The summed E-state index contributed by atoms with van der Waals surface area (Å²) in [4.78, 5) is 23.1. The summed E-state index contributed by atoms with van der Waals surface area (Å²) in [6.45, 7) is 6.36. The van der Waals surface area contributed by atoms with Crippen LogP contribution < -0.4 is 10.2 Å². The molecule has 1 unspecified atom stereocenters. The molecule has 2 rings (SSSR count). The van der Waals surface area contributed by atoms with Crippen molar-refractivity contribution in [1.29, 1.82) is 0 Å². The van der Waals surface area contributed by atoms with Crippen molar-refractivity contribution < 1.29 is 18.0 Å². The van der Waals surface area contributed by atoms with Gasteiger partial charge in [-0.3, -0.25) is 9.69 Å². The lowest BCUT2D eigenvalue weighted by Gasteiger charge is -2.34. The van der Waals surface area contributed by atoms with E-state index in [2.05, 4.69) is 15.3 Å². The molecule has 1 aliphatic rings. The van der Waals surface area contributed by atoms with Crippen LogP contribution >= 0.6 is 0 Å². The first-order valence-corrected chi connectivity index (χ1v) is 7.96. The molecule has 1 N–H and O–H groups in total. The number of carbonyl (C=O) groups excluding carboxylic acids is 1. The van der Waals surface area contributed by atoms with Gasteiger partial charge in [0, 0.05) is 38.4 Å². The smallest absolute Gasteiger partial charge is 0.353 e. The van der Waals surface area contributed by atoms with Gasteiger partial charge in [0.1, 0.15) is 5.69 Å². The number of nitrogens with one attached hydrogen (secondary N) is 1. The molecule has 0 spiro atoms. The second-order valence-corrected chi connectivity index (χ2v) is 5.88. The summed E-state index contributed by atoms with van der Waals surface area (Å²) in [5, 5.41) is 2.90. The summed E-state index contributed by atoms with van der Waals surface area (Å²) in [6, 6.07) is 0.996. The minimum atomic E-state index is -4.48. The zero-order chi connectivity index (χ0) is 17.7. The number of carbonyl (C=O) groups is 1. The lowest BCUT2D eigenvalue weighted by molar-refractivity contribution is -0.141. The average Bonchev–Trinajstić information content (AvgIpc) is 2.54. The lowest BCUT2D eigenvalue weighted by Crippen LogP contribution is -2.50. The summed E-state index contributed by atoms with van der Waals surface area (Å²) < 4.78 is 38.1. The second-order valence-electron chi connectivity index (χ2n) is 5.88. The molecule has 1 aliphatic heterocycles. The number of alkyl halides is 3. The number of hydrogen-bond donors (Lipinski definition) is 1. The Morgan fingerprint density at radius 3 is 2.58 bits per heavy atom. The predicted molar refractivity (Wildman–Crippen MR) is 83.6 cm³/mol. The Morgan fingerprint density at radius 1 is 1.33 bits per heavy atom. The van der Waals surface area contributed by atoms with Crippen molar-refractivity contribution in [1.82, 2.24) is 20.2 Å². The van der Waals surface area contributed by atoms with Gasteiger partial charge in [0.25, 0.3) is 0 Å². The minimum absolute atomic E-state index is 0.0341. The van der Waals surface area contributed by atoms with Crippen molar-refractivity contribution in [2.45, 2.75) is 32.5 Å². The van der Waals surface area contributed by atoms with Crippen LogP contribution in [0.2, 0.25) is 0 Å². The van der Waals surface area contributed by atoms with Crippen molar-refractivity contribution >= 4 is 11.9 Å². The first-order valence-electron chi connectivity index (χ1n) is 7.96. The summed E-state index contributed by atoms with van der Waals surface area (Å²) in [7, 11) is 0. The standard InChI is InChI=1S/C15H22F3N5O/c1-3-11(2)20-13(24)10-22-6-8-23(9-7-22)14-19-5-4-12(21-14)15(16,17)18/h4-5,11H,3,6-10H2,1-2H3,(H,20,24). The molecule has 1 atom stereocenters. The normalized spacial score (nSPS) is 17.6. The fraction of sp³-hybridized carbons (Fsp3) is 0.667. The molecule has 6 nitrogen and oxygen atoms in total. The predicted octanol–water partition coefficient (Wildman–Crippen LogP) is 1.53. The van der Waals surface area contributed by atoms with Crippen molar-refractivity contribution in [3.8, 4) is 0 Å². The Bertz CT molecular complexity index is 558. The van der Waals surface area contributed by atoms with E-state index in [1.54, 1.807) is 4.90 Å². The molecule has 0 saturated carbocycles. The molecule has 134 valence electrons. The molecule has 24 heavy (non-hydrogen) atoms. The molecule has 1 aromatic heterocycles. The molecule has 0 bridgehead atoms. The minimum Gasteiger partial charge on any atom is -0.353 e. The fourth-order valence-electron chi connectivity index (χ4n) is 2.39. The van der Waals surface area contributed by atoms with Crippen LogP contribution in [0.25, 0.3) is 0 Å². The first-order chi connectivity index (χ1) is 11.3. The van der Waals surface area contributed by atoms with Crippen LogP contribution in [0.5, 0.6) is 0 Å². The molecule has 2 heterocycles. The Labute approximate surface area is 139 Å². The van der Waals surface area contributed by atoms with Crippen molar-refractivity contribution in [2.75, 3.05) is 37.6 Å². The van der Waals surface area contributed by atoms with Gasteiger partial charge in [0.15, 0.2) is 0 Å². The van der Waals surface area contributed by atoms with Crippen LogP contribution in [0, 0.1) is 0 Å². The topological polar surface area (TPSA) is 61.4 Å². The summed E-state index contributed by atoms with van der Waals surface area (Å²) in [5.74, 6) is 0.0432. The number of nitrogens with zero attached hydrogens (tertiary/aromatic N) is 4. The SMILES string of the molecule is CCC(C)NC(=O)CN1CCN(c2nccc(C(F)(F)F)n2)CC1. The summed E-state index contributed by atoms with van der Waals surface area (Å²) in [6.07, 6.45) is -2.49. The molecular formula is C15H22F3N5O. The number of anilines is 1. The van der Waals surface area contributed by atoms with Crippen LogP contribution in [0.15, 0.2) is 12.3 Å². The van der Waals surface area contributed by atoms with E-state index < -0.39 is 11.9 Å². The average molecular weight is 345 g/mol. The molecule has 1 fully saturated rings. The van der Waals surface area contributed by atoms with E-state index in [1.165, 1.54) is 0 Å². The molecule has 0 radical (unpaired) electrons. The molecular weight excluding hydrogens is 323 g/mol. The van der Waals surface area contributed by atoms with E-state index in [1.807, 2.05) is 18.7 Å². The Morgan fingerprint density at radius 2 is 2.00 bits per heavy atom. The van der Waals surface area contributed by atoms with Gasteiger partial charge in [-0.2, -0.15) is 13.2 Å². The maximum atomic E-state index is 12.7. The zero-order valence-corrected chi connectivity index (χ0v) is 13.8. The molecule has 9 heteroatoms. The largest absolute Gasteiger partial charge is 0.433 e. The highest BCUT2D eigenvalue weighted by Gasteiger charge is 2.33. The molecule has 1 saturated heterocycles. The van der Waals surface area contributed by atoms with Gasteiger partial charge in [-0.15, -0.1) is 0 Å². The van der Waals surface area contributed by atoms with Crippen LogP contribution in [0.3, 0.4) is 0 Å². The number of halogens is 3. The Balaban J connectivity index is 1.88. The second kappa shape index (κ2) is 7.78. The van der Waals surface area contributed by atoms with E-state index in [-0.39, 0.29) is 17.9 Å².